The Balaban J connectivity index is 1.92. The van der Waals surface area contributed by atoms with Crippen molar-refractivity contribution in [2.24, 2.45) is 0 Å². The SMILES string of the molecule is CCS(=O)(=O)N(C)CCCNC(=O)c1cc(C)n(Cc2ccco2)c1C. The van der Waals surface area contributed by atoms with Crippen LogP contribution in [0.1, 0.15) is 40.9 Å². The maximum Gasteiger partial charge on any atom is 0.253 e. The molecule has 2 aromatic heterocycles. The number of carbonyl (C=O) groups is 1. The van der Waals surface area contributed by atoms with Crippen molar-refractivity contribution in [3.63, 3.8) is 0 Å². The van der Waals surface area contributed by atoms with Gasteiger partial charge in [0.2, 0.25) is 10.0 Å². The lowest BCUT2D eigenvalue weighted by Gasteiger charge is -2.15. The van der Waals surface area contributed by atoms with E-state index in [0.29, 0.717) is 31.6 Å². The van der Waals surface area contributed by atoms with Crippen molar-refractivity contribution in [1.82, 2.24) is 14.2 Å². The number of aryl methyl sites for hydroxylation is 1. The van der Waals surface area contributed by atoms with Crippen LogP contribution in [0.3, 0.4) is 0 Å². The van der Waals surface area contributed by atoms with Gasteiger partial charge in [-0.2, -0.15) is 0 Å². The minimum absolute atomic E-state index is 0.0809. The van der Waals surface area contributed by atoms with E-state index in [-0.39, 0.29) is 11.7 Å². The summed E-state index contributed by atoms with van der Waals surface area (Å²) in [5.74, 6) is 0.765. The minimum Gasteiger partial charge on any atom is -0.467 e. The van der Waals surface area contributed by atoms with E-state index >= 15 is 0 Å². The van der Waals surface area contributed by atoms with Crippen LogP contribution in [0.4, 0.5) is 0 Å². The summed E-state index contributed by atoms with van der Waals surface area (Å²) in [6.45, 7) is 6.87. The topological polar surface area (TPSA) is 84.5 Å². The first-order valence-electron chi connectivity index (χ1n) is 8.67. The summed E-state index contributed by atoms with van der Waals surface area (Å²) >= 11 is 0. The molecule has 0 spiro atoms. The van der Waals surface area contributed by atoms with Gasteiger partial charge in [-0.25, -0.2) is 12.7 Å². The lowest BCUT2D eigenvalue weighted by Crippen LogP contribution is -2.32. The Morgan fingerprint density at radius 1 is 1.35 bits per heavy atom. The van der Waals surface area contributed by atoms with E-state index in [1.807, 2.05) is 36.6 Å². The molecule has 144 valence electrons. The van der Waals surface area contributed by atoms with Crippen LogP contribution in [0.2, 0.25) is 0 Å². The number of aromatic nitrogens is 1. The molecule has 1 amide bonds. The smallest absolute Gasteiger partial charge is 0.253 e. The number of hydrogen-bond donors (Lipinski definition) is 1. The van der Waals surface area contributed by atoms with Gasteiger partial charge in [-0.15, -0.1) is 0 Å². The molecule has 0 aliphatic heterocycles. The van der Waals surface area contributed by atoms with E-state index in [2.05, 4.69) is 5.32 Å². The number of rotatable bonds is 9. The zero-order valence-corrected chi connectivity index (χ0v) is 16.6. The second-order valence-electron chi connectivity index (χ2n) is 6.28. The zero-order chi connectivity index (χ0) is 19.3. The van der Waals surface area contributed by atoms with Crippen molar-refractivity contribution < 1.29 is 17.6 Å². The molecule has 0 bridgehead atoms. The number of furan rings is 1. The summed E-state index contributed by atoms with van der Waals surface area (Å²) < 4.78 is 32.1. The van der Waals surface area contributed by atoms with Crippen LogP contribution >= 0.6 is 0 Å². The molecule has 0 aromatic carbocycles. The van der Waals surface area contributed by atoms with Gasteiger partial charge >= 0.3 is 0 Å². The summed E-state index contributed by atoms with van der Waals surface area (Å²) in [7, 11) is -1.62. The fraction of sp³-hybridized carbons (Fsp3) is 0.500. The van der Waals surface area contributed by atoms with Gasteiger partial charge in [0, 0.05) is 31.5 Å². The van der Waals surface area contributed by atoms with Crippen LogP contribution in [-0.2, 0) is 16.6 Å². The summed E-state index contributed by atoms with van der Waals surface area (Å²) in [4.78, 5) is 12.5. The standard InChI is InChI=1S/C18H27N3O4S/c1-5-26(23,24)20(4)10-7-9-19-18(22)17-12-14(2)21(15(17)3)13-16-8-6-11-25-16/h6,8,11-12H,5,7,9-10,13H2,1-4H3,(H,19,22). The van der Waals surface area contributed by atoms with Gasteiger partial charge in [-0.1, -0.05) is 0 Å². The molecule has 0 radical (unpaired) electrons. The third kappa shape index (κ3) is 4.76. The molecule has 1 N–H and O–H groups in total. The van der Waals surface area contributed by atoms with Crippen molar-refractivity contribution in [1.29, 1.82) is 0 Å². The highest BCUT2D eigenvalue weighted by Crippen LogP contribution is 2.17. The molecular weight excluding hydrogens is 354 g/mol. The molecular formula is C18H27N3O4S. The number of amides is 1. The van der Waals surface area contributed by atoms with Crippen LogP contribution in [0, 0.1) is 13.8 Å². The second kappa shape index (κ2) is 8.55. The zero-order valence-electron chi connectivity index (χ0n) is 15.8. The van der Waals surface area contributed by atoms with E-state index in [4.69, 9.17) is 4.42 Å². The molecule has 0 saturated heterocycles. The lowest BCUT2D eigenvalue weighted by atomic mass is 10.2. The third-order valence-electron chi connectivity index (χ3n) is 4.49. The fourth-order valence-corrected chi connectivity index (χ4v) is 3.64. The van der Waals surface area contributed by atoms with E-state index in [1.54, 1.807) is 20.2 Å². The lowest BCUT2D eigenvalue weighted by molar-refractivity contribution is 0.0952. The molecule has 0 aliphatic rings. The summed E-state index contributed by atoms with van der Waals surface area (Å²) in [6.07, 6.45) is 2.19. The van der Waals surface area contributed by atoms with Crippen molar-refractivity contribution >= 4 is 15.9 Å². The molecule has 0 saturated carbocycles. The van der Waals surface area contributed by atoms with E-state index < -0.39 is 10.0 Å². The summed E-state index contributed by atoms with van der Waals surface area (Å²) in [5, 5.41) is 2.87. The van der Waals surface area contributed by atoms with E-state index in [9.17, 15) is 13.2 Å². The monoisotopic (exact) mass is 381 g/mol. The number of nitrogens with zero attached hydrogens (tertiary/aromatic N) is 2. The average molecular weight is 381 g/mol. The van der Waals surface area contributed by atoms with Gasteiger partial charge in [-0.05, 0) is 45.4 Å². The minimum atomic E-state index is -3.18. The highest BCUT2D eigenvalue weighted by molar-refractivity contribution is 7.89. The Labute approximate surface area is 155 Å². The molecule has 0 fully saturated rings. The first-order valence-corrected chi connectivity index (χ1v) is 10.3. The molecule has 2 rings (SSSR count). The number of sulfonamides is 1. The predicted octanol–water partition coefficient (Wildman–Crippen LogP) is 2.15. The first kappa shape index (κ1) is 20.3. The third-order valence-corrected chi connectivity index (χ3v) is 6.35. The average Bonchev–Trinajstić information content (AvgIpc) is 3.22. The maximum atomic E-state index is 12.5. The highest BCUT2D eigenvalue weighted by atomic mass is 32.2. The quantitative estimate of drug-likeness (QED) is 0.675. The molecule has 0 aliphatic carbocycles. The maximum absolute atomic E-state index is 12.5. The Hall–Kier alpha value is -2.06. The van der Waals surface area contributed by atoms with Crippen molar-refractivity contribution in [2.75, 3.05) is 25.9 Å². The Kier molecular flexibility index (Phi) is 6.66. The molecule has 7 nitrogen and oxygen atoms in total. The normalized spacial score (nSPS) is 11.9. The molecule has 8 heteroatoms. The van der Waals surface area contributed by atoms with Gasteiger partial charge in [0.15, 0.2) is 0 Å². The van der Waals surface area contributed by atoms with Crippen LogP contribution in [0.5, 0.6) is 0 Å². The Bertz CT molecular complexity index is 838. The summed E-state index contributed by atoms with van der Waals surface area (Å²) in [5.41, 5.74) is 2.49. The van der Waals surface area contributed by atoms with Crippen LogP contribution in [-0.4, -0.2) is 49.1 Å². The molecule has 2 heterocycles. The largest absolute Gasteiger partial charge is 0.467 e. The van der Waals surface area contributed by atoms with Gasteiger partial charge < -0.3 is 14.3 Å². The van der Waals surface area contributed by atoms with Crippen LogP contribution in [0.15, 0.2) is 28.9 Å². The fourth-order valence-electron chi connectivity index (χ4n) is 2.79. The van der Waals surface area contributed by atoms with Crippen molar-refractivity contribution in [3.8, 4) is 0 Å². The number of carbonyl (C=O) groups excluding carboxylic acids is 1. The molecule has 0 unspecified atom stereocenters. The van der Waals surface area contributed by atoms with Gasteiger partial charge in [0.05, 0.1) is 24.1 Å². The second-order valence-corrected chi connectivity index (χ2v) is 8.65. The van der Waals surface area contributed by atoms with Gasteiger partial charge in [0.25, 0.3) is 5.91 Å². The highest BCUT2D eigenvalue weighted by Gasteiger charge is 2.17. The Morgan fingerprint density at radius 3 is 2.69 bits per heavy atom. The van der Waals surface area contributed by atoms with E-state index in [0.717, 1.165) is 17.1 Å². The number of hydrogen-bond acceptors (Lipinski definition) is 4. The van der Waals surface area contributed by atoms with E-state index in [1.165, 1.54) is 4.31 Å². The van der Waals surface area contributed by atoms with Gasteiger partial charge in [-0.3, -0.25) is 4.79 Å². The molecule has 26 heavy (non-hydrogen) atoms. The molecule has 0 atom stereocenters. The van der Waals surface area contributed by atoms with Gasteiger partial charge in [0.1, 0.15) is 5.76 Å². The first-order chi connectivity index (χ1) is 12.3. The van der Waals surface area contributed by atoms with Crippen LogP contribution < -0.4 is 5.32 Å². The number of nitrogens with one attached hydrogen (secondary N) is 1. The van der Waals surface area contributed by atoms with Crippen LogP contribution in [0.25, 0.3) is 0 Å². The Morgan fingerprint density at radius 2 is 2.08 bits per heavy atom. The summed E-state index contributed by atoms with van der Waals surface area (Å²) in [6, 6.07) is 5.60. The van der Waals surface area contributed by atoms with Crippen molar-refractivity contribution in [2.45, 2.75) is 33.7 Å². The predicted molar refractivity (Wildman–Crippen MR) is 101 cm³/mol. The molecule has 2 aromatic rings. The van der Waals surface area contributed by atoms with Crippen molar-refractivity contribution in [3.05, 3.63) is 47.2 Å².